The summed E-state index contributed by atoms with van der Waals surface area (Å²) in [4.78, 5) is 23.3. The Labute approximate surface area is 57.5 Å². The van der Waals surface area contributed by atoms with E-state index in [1.807, 2.05) is 0 Å². The number of carbonyl (C=O) groups excluding carboxylic acids is 1. The van der Waals surface area contributed by atoms with Crippen LogP contribution in [0, 0.1) is 6.92 Å². The number of aldehydes is 1. The molecule has 1 aromatic rings. The molecule has 0 saturated heterocycles. The number of imidazole rings is 1. The Morgan fingerprint density at radius 3 is 2.90 bits per heavy atom. The van der Waals surface area contributed by atoms with Crippen molar-refractivity contribution in [2.45, 2.75) is 13.5 Å². The van der Waals surface area contributed by atoms with E-state index in [1.54, 1.807) is 13.1 Å². The normalized spacial score (nSPS) is 9.70. The largest absolute Gasteiger partial charge is 0.326 e. The molecule has 54 valence electrons. The molecule has 4 nitrogen and oxygen atoms in total. The first-order valence-corrected chi connectivity index (χ1v) is 2.93. The minimum absolute atomic E-state index is 0.128. The second-order valence-electron chi connectivity index (χ2n) is 2.06. The summed E-state index contributed by atoms with van der Waals surface area (Å²) in [7, 11) is 0. The lowest BCUT2D eigenvalue weighted by molar-refractivity contribution is -0.108. The van der Waals surface area contributed by atoms with Gasteiger partial charge in [0.25, 0.3) is 0 Å². The summed E-state index contributed by atoms with van der Waals surface area (Å²) in [5, 5.41) is 0. The number of nitrogens with one attached hydrogen (secondary N) is 1. The first-order chi connectivity index (χ1) is 4.74. The Balaban J connectivity index is 3.03. The monoisotopic (exact) mass is 140 g/mol. The number of aryl methyl sites for hydroxylation is 1. The highest BCUT2D eigenvalue weighted by atomic mass is 16.1. The minimum Gasteiger partial charge on any atom is -0.310 e. The van der Waals surface area contributed by atoms with E-state index >= 15 is 0 Å². The molecule has 0 aliphatic heterocycles. The number of hydrogen-bond donors (Lipinski definition) is 1. The number of carbonyl (C=O) groups is 1. The second kappa shape index (κ2) is 2.51. The zero-order valence-corrected chi connectivity index (χ0v) is 5.63. The van der Waals surface area contributed by atoms with Crippen molar-refractivity contribution < 1.29 is 4.79 Å². The molecule has 0 radical (unpaired) electrons. The molecule has 1 rings (SSSR count). The van der Waals surface area contributed by atoms with Crippen LogP contribution in [0.5, 0.6) is 0 Å². The molecule has 0 aliphatic carbocycles. The molecule has 0 aliphatic rings. The summed E-state index contributed by atoms with van der Waals surface area (Å²) in [5.74, 6) is 0. The van der Waals surface area contributed by atoms with Crippen molar-refractivity contribution in [3.8, 4) is 0 Å². The third kappa shape index (κ3) is 1.15. The highest BCUT2D eigenvalue weighted by molar-refractivity contribution is 5.49. The first-order valence-electron chi connectivity index (χ1n) is 2.93. The average Bonchev–Trinajstić information content (AvgIpc) is 2.13. The number of hydrogen-bond acceptors (Lipinski definition) is 2. The van der Waals surface area contributed by atoms with E-state index in [1.165, 1.54) is 4.57 Å². The molecule has 1 heterocycles. The van der Waals surface area contributed by atoms with Crippen LogP contribution in [0.2, 0.25) is 0 Å². The molecule has 0 saturated carbocycles. The van der Waals surface area contributed by atoms with Crippen LogP contribution < -0.4 is 5.69 Å². The van der Waals surface area contributed by atoms with Crippen molar-refractivity contribution in [1.29, 1.82) is 0 Å². The van der Waals surface area contributed by atoms with Gasteiger partial charge in [-0.05, 0) is 6.92 Å². The Morgan fingerprint density at radius 1 is 1.80 bits per heavy atom. The fourth-order valence-corrected chi connectivity index (χ4v) is 0.781. The predicted molar refractivity (Wildman–Crippen MR) is 35.9 cm³/mol. The fourth-order valence-electron chi connectivity index (χ4n) is 0.781. The molecule has 0 atom stereocenters. The van der Waals surface area contributed by atoms with Gasteiger partial charge in [-0.1, -0.05) is 0 Å². The summed E-state index contributed by atoms with van der Waals surface area (Å²) in [6, 6.07) is 0. The third-order valence-electron chi connectivity index (χ3n) is 1.19. The molecule has 0 aromatic carbocycles. The van der Waals surface area contributed by atoms with Crippen molar-refractivity contribution in [2.75, 3.05) is 0 Å². The fraction of sp³-hybridized carbons (Fsp3) is 0.333. The lowest BCUT2D eigenvalue weighted by Crippen LogP contribution is -2.16. The van der Waals surface area contributed by atoms with Gasteiger partial charge in [0, 0.05) is 11.9 Å². The van der Waals surface area contributed by atoms with Crippen LogP contribution in [0.1, 0.15) is 5.69 Å². The Hall–Kier alpha value is -1.32. The Morgan fingerprint density at radius 2 is 2.50 bits per heavy atom. The van der Waals surface area contributed by atoms with Gasteiger partial charge in [0.15, 0.2) is 0 Å². The van der Waals surface area contributed by atoms with E-state index in [0.717, 1.165) is 5.69 Å². The third-order valence-corrected chi connectivity index (χ3v) is 1.19. The predicted octanol–water partition coefficient (Wildman–Crippen LogP) is -0.316. The quantitative estimate of drug-likeness (QED) is 0.572. The van der Waals surface area contributed by atoms with Crippen LogP contribution in [0.4, 0.5) is 0 Å². The second-order valence-corrected chi connectivity index (χ2v) is 2.06. The summed E-state index contributed by atoms with van der Waals surface area (Å²) in [6.45, 7) is 1.89. The smallest absolute Gasteiger partial charge is 0.310 e. The SMILES string of the molecule is Cc1cn(CC=O)c(=O)[nH]1. The summed E-state index contributed by atoms with van der Waals surface area (Å²) >= 11 is 0. The van der Waals surface area contributed by atoms with Gasteiger partial charge in [-0.15, -0.1) is 0 Å². The summed E-state index contributed by atoms with van der Waals surface area (Å²) in [6.07, 6.45) is 2.30. The van der Waals surface area contributed by atoms with Crippen molar-refractivity contribution >= 4 is 6.29 Å². The zero-order valence-electron chi connectivity index (χ0n) is 5.63. The van der Waals surface area contributed by atoms with Crippen LogP contribution in [-0.2, 0) is 11.3 Å². The molecule has 0 bridgehead atoms. The van der Waals surface area contributed by atoms with Gasteiger partial charge in [-0.2, -0.15) is 0 Å². The van der Waals surface area contributed by atoms with Gasteiger partial charge >= 0.3 is 5.69 Å². The molecular formula is C6H8N2O2. The Kier molecular flexibility index (Phi) is 1.71. The molecule has 1 aromatic heterocycles. The molecule has 1 N–H and O–H groups in total. The van der Waals surface area contributed by atoms with Gasteiger partial charge in [-0.25, -0.2) is 4.79 Å². The minimum atomic E-state index is -0.232. The molecule has 4 heteroatoms. The number of aromatic nitrogens is 2. The molecule has 0 spiro atoms. The zero-order chi connectivity index (χ0) is 7.56. The topological polar surface area (TPSA) is 54.9 Å². The molecular weight excluding hydrogens is 132 g/mol. The van der Waals surface area contributed by atoms with Crippen molar-refractivity contribution in [1.82, 2.24) is 9.55 Å². The van der Waals surface area contributed by atoms with Gasteiger partial charge in [0.1, 0.15) is 6.29 Å². The standard InChI is InChI=1S/C6H8N2O2/c1-5-4-8(2-3-9)6(10)7-5/h3-4H,2H2,1H3,(H,7,10). The maximum Gasteiger partial charge on any atom is 0.326 e. The average molecular weight is 140 g/mol. The molecule has 0 amide bonds. The molecule has 0 unspecified atom stereocenters. The van der Waals surface area contributed by atoms with E-state index in [0.29, 0.717) is 6.29 Å². The summed E-state index contributed by atoms with van der Waals surface area (Å²) in [5.41, 5.74) is 0.538. The first kappa shape index (κ1) is 6.80. The van der Waals surface area contributed by atoms with E-state index in [-0.39, 0.29) is 12.2 Å². The van der Waals surface area contributed by atoms with Gasteiger partial charge in [0.05, 0.1) is 6.54 Å². The van der Waals surface area contributed by atoms with E-state index < -0.39 is 0 Å². The summed E-state index contributed by atoms with van der Waals surface area (Å²) < 4.78 is 1.32. The van der Waals surface area contributed by atoms with Gasteiger partial charge in [-0.3, -0.25) is 4.57 Å². The maximum atomic E-state index is 10.8. The molecule has 0 fully saturated rings. The van der Waals surface area contributed by atoms with Crippen molar-refractivity contribution in [3.05, 3.63) is 22.4 Å². The van der Waals surface area contributed by atoms with Crippen LogP contribution in [0.3, 0.4) is 0 Å². The number of rotatable bonds is 2. The molecule has 10 heavy (non-hydrogen) atoms. The number of H-pyrrole nitrogens is 1. The van der Waals surface area contributed by atoms with Crippen molar-refractivity contribution in [3.63, 3.8) is 0 Å². The van der Waals surface area contributed by atoms with E-state index in [4.69, 9.17) is 0 Å². The highest BCUT2D eigenvalue weighted by Gasteiger charge is 1.95. The van der Waals surface area contributed by atoms with Crippen LogP contribution >= 0.6 is 0 Å². The number of nitrogens with zero attached hydrogens (tertiary/aromatic N) is 1. The highest BCUT2D eigenvalue weighted by Crippen LogP contribution is 1.84. The van der Waals surface area contributed by atoms with Gasteiger partial charge < -0.3 is 9.78 Å². The van der Waals surface area contributed by atoms with Crippen LogP contribution in [-0.4, -0.2) is 15.8 Å². The van der Waals surface area contributed by atoms with Crippen LogP contribution in [0.15, 0.2) is 11.0 Å². The van der Waals surface area contributed by atoms with E-state index in [2.05, 4.69) is 4.98 Å². The van der Waals surface area contributed by atoms with Gasteiger partial charge in [0.2, 0.25) is 0 Å². The number of aromatic amines is 1. The Bertz CT molecular complexity index is 284. The maximum absolute atomic E-state index is 10.8. The van der Waals surface area contributed by atoms with Crippen LogP contribution in [0.25, 0.3) is 0 Å². The van der Waals surface area contributed by atoms with E-state index in [9.17, 15) is 9.59 Å². The lowest BCUT2D eigenvalue weighted by atomic mass is 10.6. The lowest BCUT2D eigenvalue weighted by Gasteiger charge is -1.87. The van der Waals surface area contributed by atoms with Crippen molar-refractivity contribution in [2.24, 2.45) is 0 Å².